The van der Waals surface area contributed by atoms with Gasteiger partial charge in [-0.3, -0.25) is 9.59 Å². The van der Waals surface area contributed by atoms with Gasteiger partial charge in [-0.05, 0) is 29.5 Å². The van der Waals surface area contributed by atoms with Crippen LogP contribution in [0.2, 0.25) is 0 Å². The highest BCUT2D eigenvalue weighted by molar-refractivity contribution is 5.92. The Balaban J connectivity index is 2.23. The standard InChI is InChI=1S/C22H21F4NO5/c1-13(18(28)29)11-17(27-19(30)21(23,24)22(25,26)20(31)32)12-14-7-9-16(10-8-14)15-5-3-2-4-6-15/h2-10,13,17H,11-12H2,1H3,(H,27,30)(H,28,29)(H,31,32)/t13-,17+/m1/s1. The zero-order chi connectivity index (χ0) is 24.1. The van der Waals surface area contributed by atoms with Crippen molar-refractivity contribution in [1.29, 1.82) is 0 Å². The Hall–Kier alpha value is -3.43. The molecule has 1 amide bonds. The van der Waals surface area contributed by atoms with E-state index >= 15 is 0 Å². The first kappa shape index (κ1) is 24.8. The molecule has 10 heteroatoms. The van der Waals surface area contributed by atoms with Crippen LogP contribution >= 0.6 is 0 Å². The number of carboxylic acids is 2. The number of carbonyl (C=O) groups is 3. The molecule has 3 N–H and O–H groups in total. The minimum Gasteiger partial charge on any atom is -0.481 e. The van der Waals surface area contributed by atoms with E-state index in [1.165, 1.54) is 6.92 Å². The van der Waals surface area contributed by atoms with E-state index < -0.39 is 41.7 Å². The first-order valence-electron chi connectivity index (χ1n) is 9.53. The topological polar surface area (TPSA) is 104 Å². The van der Waals surface area contributed by atoms with Crippen molar-refractivity contribution in [3.63, 3.8) is 0 Å². The van der Waals surface area contributed by atoms with Crippen molar-refractivity contribution in [3.05, 3.63) is 60.2 Å². The largest absolute Gasteiger partial charge is 0.481 e. The van der Waals surface area contributed by atoms with Crippen LogP contribution in [0.4, 0.5) is 17.6 Å². The molecule has 0 aliphatic carbocycles. The molecule has 0 radical (unpaired) electrons. The van der Waals surface area contributed by atoms with E-state index in [1.807, 2.05) is 30.3 Å². The molecule has 2 atom stereocenters. The van der Waals surface area contributed by atoms with Crippen LogP contribution in [0.5, 0.6) is 0 Å². The zero-order valence-electron chi connectivity index (χ0n) is 16.9. The van der Waals surface area contributed by atoms with Gasteiger partial charge in [0.05, 0.1) is 5.92 Å². The number of amides is 1. The van der Waals surface area contributed by atoms with E-state index in [4.69, 9.17) is 10.2 Å². The van der Waals surface area contributed by atoms with Crippen LogP contribution < -0.4 is 5.32 Å². The number of benzene rings is 2. The minimum atomic E-state index is -5.63. The Labute approximate surface area is 180 Å². The molecule has 0 bridgehead atoms. The number of nitrogens with one attached hydrogen (secondary N) is 1. The average molecular weight is 455 g/mol. The van der Waals surface area contributed by atoms with Gasteiger partial charge >= 0.3 is 23.8 Å². The molecular formula is C22H21F4NO5. The highest BCUT2D eigenvalue weighted by Gasteiger charge is 2.67. The van der Waals surface area contributed by atoms with Crippen molar-refractivity contribution in [3.8, 4) is 11.1 Å². The molecule has 32 heavy (non-hydrogen) atoms. The number of carboxylic acid groups (broad SMARTS) is 2. The van der Waals surface area contributed by atoms with Crippen LogP contribution in [0.1, 0.15) is 18.9 Å². The fourth-order valence-electron chi connectivity index (χ4n) is 3.02. The second-order valence-corrected chi connectivity index (χ2v) is 7.37. The Kier molecular flexibility index (Phi) is 7.60. The van der Waals surface area contributed by atoms with Gasteiger partial charge < -0.3 is 15.5 Å². The molecule has 2 aromatic rings. The van der Waals surface area contributed by atoms with Gasteiger partial charge in [0.1, 0.15) is 0 Å². The number of hydrogen-bond acceptors (Lipinski definition) is 3. The Bertz CT molecular complexity index is 964. The van der Waals surface area contributed by atoms with Gasteiger partial charge in [-0.15, -0.1) is 0 Å². The first-order chi connectivity index (χ1) is 14.9. The fourth-order valence-corrected chi connectivity index (χ4v) is 3.02. The molecule has 2 aromatic carbocycles. The van der Waals surface area contributed by atoms with Crippen molar-refractivity contribution in [2.45, 2.75) is 37.7 Å². The summed E-state index contributed by atoms with van der Waals surface area (Å²) in [4.78, 5) is 33.5. The van der Waals surface area contributed by atoms with Crippen LogP contribution in [0.25, 0.3) is 11.1 Å². The Morgan fingerprint density at radius 3 is 1.91 bits per heavy atom. The monoisotopic (exact) mass is 455 g/mol. The number of hydrogen-bond donors (Lipinski definition) is 3. The molecule has 0 saturated carbocycles. The van der Waals surface area contributed by atoms with Crippen molar-refractivity contribution in [1.82, 2.24) is 5.32 Å². The lowest BCUT2D eigenvalue weighted by atomic mass is 9.94. The van der Waals surface area contributed by atoms with E-state index in [0.29, 0.717) is 5.56 Å². The van der Waals surface area contributed by atoms with Crippen molar-refractivity contribution in [2.24, 2.45) is 5.92 Å². The summed E-state index contributed by atoms with van der Waals surface area (Å²) in [6, 6.07) is 14.8. The van der Waals surface area contributed by atoms with E-state index in [1.54, 1.807) is 29.6 Å². The summed E-state index contributed by atoms with van der Waals surface area (Å²) in [5, 5.41) is 19.1. The highest BCUT2D eigenvalue weighted by Crippen LogP contribution is 2.35. The number of rotatable bonds is 10. The molecule has 0 fully saturated rings. The summed E-state index contributed by atoms with van der Waals surface area (Å²) in [6.45, 7) is 1.27. The number of carbonyl (C=O) groups excluding carboxylic acids is 1. The van der Waals surface area contributed by atoms with Gasteiger partial charge in [-0.25, -0.2) is 4.79 Å². The lowest BCUT2D eigenvalue weighted by Crippen LogP contribution is -2.58. The molecule has 0 aromatic heterocycles. The molecule has 0 aliphatic heterocycles. The number of halogens is 4. The highest BCUT2D eigenvalue weighted by atomic mass is 19.3. The molecular weight excluding hydrogens is 434 g/mol. The predicted molar refractivity (Wildman–Crippen MR) is 106 cm³/mol. The number of alkyl halides is 4. The summed E-state index contributed by atoms with van der Waals surface area (Å²) in [5.74, 6) is -19.2. The molecule has 0 saturated heterocycles. The molecule has 6 nitrogen and oxygen atoms in total. The van der Waals surface area contributed by atoms with Gasteiger partial charge in [0.25, 0.3) is 5.91 Å². The van der Waals surface area contributed by atoms with Gasteiger partial charge in [0, 0.05) is 6.04 Å². The molecule has 0 unspecified atom stereocenters. The lowest BCUT2D eigenvalue weighted by molar-refractivity contribution is -0.222. The van der Waals surface area contributed by atoms with E-state index in [9.17, 15) is 31.9 Å². The van der Waals surface area contributed by atoms with Crippen LogP contribution in [-0.4, -0.2) is 45.9 Å². The van der Waals surface area contributed by atoms with Crippen LogP contribution in [-0.2, 0) is 20.8 Å². The molecule has 2 rings (SSSR count). The van der Waals surface area contributed by atoms with Crippen LogP contribution in [0.3, 0.4) is 0 Å². The van der Waals surface area contributed by atoms with Crippen molar-refractivity contribution in [2.75, 3.05) is 0 Å². The average Bonchev–Trinajstić information content (AvgIpc) is 2.74. The van der Waals surface area contributed by atoms with E-state index in [0.717, 1.165) is 11.1 Å². The minimum absolute atomic E-state index is 0.132. The van der Waals surface area contributed by atoms with Crippen molar-refractivity contribution < 1.29 is 42.2 Å². The molecule has 0 heterocycles. The Morgan fingerprint density at radius 2 is 1.41 bits per heavy atom. The SMILES string of the molecule is C[C@H](C[C@@H](Cc1ccc(-c2ccccc2)cc1)NC(=O)C(F)(F)C(F)(F)C(=O)O)C(=O)O. The summed E-state index contributed by atoms with van der Waals surface area (Å²) < 4.78 is 54.3. The first-order valence-corrected chi connectivity index (χ1v) is 9.53. The summed E-state index contributed by atoms with van der Waals surface area (Å²) >= 11 is 0. The predicted octanol–water partition coefficient (Wildman–Crippen LogP) is 3.85. The second-order valence-electron chi connectivity index (χ2n) is 7.37. The number of aliphatic carboxylic acids is 2. The van der Waals surface area contributed by atoms with Gasteiger partial charge in [0.15, 0.2) is 0 Å². The van der Waals surface area contributed by atoms with Gasteiger partial charge in [0.2, 0.25) is 0 Å². The van der Waals surface area contributed by atoms with Crippen molar-refractivity contribution >= 4 is 17.8 Å². The Morgan fingerprint density at radius 1 is 0.875 bits per heavy atom. The normalized spacial score (nSPS) is 13.8. The zero-order valence-corrected chi connectivity index (χ0v) is 16.9. The fraction of sp³-hybridized carbons (Fsp3) is 0.318. The maximum absolute atomic E-state index is 13.8. The summed E-state index contributed by atoms with van der Waals surface area (Å²) in [6.07, 6.45) is -0.469. The summed E-state index contributed by atoms with van der Waals surface area (Å²) in [7, 11) is 0. The summed E-state index contributed by atoms with van der Waals surface area (Å²) in [5.41, 5.74) is 2.29. The maximum atomic E-state index is 13.8. The second kappa shape index (κ2) is 9.80. The third-order valence-corrected chi connectivity index (χ3v) is 4.89. The molecule has 0 aliphatic rings. The third kappa shape index (κ3) is 5.63. The van der Waals surface area contributed by atoms with E-state index in [2.05, 4.69) is 0 Å². The molecule has 0 spiro atoms. The van der Waals surface area contributed by atoms with Crippen LogP contribution in [0, 0.1) is 5.92 Å². The third-order valence-electron chi connectivity index (χ3n) is 4.89. The quantitative estimate of drug-likeness (QED) is 0.473. The van der Waals surface area contributed by atoms with Gasteiger partial charge in [-0.2, -0.15) is 17.6 Å². The van der Waals surface area contributed by atoms with Gasteiger partial charge in [-0.1, -0.05) is 61.5 Å². The maximum Gasteiger partial charge on any atom is 0.413 e. The van der Waals surface area contributed by atoms with Crippen LogP contribution in [0.15, 0.2) is 54.6 Å². The molecule has 172 valence electrons. The van der Waals surface area contributed by atoms with E-state index in [-0.39, 0.29) is 12.8 Å². The smallest absolute Gasteiger partial charge is 0.413 e. The lowest BCUT2D eigenvalue weighted by Gasteiger charge is -2.26.